The topological polar surface area (TPSA) is 49.3 Å². The molecule has 0 saturated carbocycles. The number of carbonyl (C=O) groups excluding carboxylic acids is 1. The lowest BCUT2D eigenvalue weighted by molar-refractivity contribution is -0.120. The van der Waals surface area contributed by atoms with E-state index in [-0.39, 0.29) is 29.5 Å². The zero-order valence-electron chi connectivity index (χ0n) is 11.9. The van der Waals surface area contributed by atoms with Crippen molar-refractivity contribution in [3.05, 3.63) is 70.5 Å². The Hall–Kier alpha value is -1.91. The maximum absolute atomic E-state index is 13.6. The van der Waals surface area contributed by atoms with Gasteiger partial charge < -0.3 is 10.4 Å². The lowest BCUT2D eigenvalue weighted by atomic mass is 10.1. The fourth-order valence-electron chi connectivity index (χ4n) is 2.11. The highest BCUT2D eigenvalue weighted by atomic mass is 35.5. The van der Waals surface area contributed by atoms with E-state index in [1.54, 1.807) is 0 Å². The molecular formula is C17H17ClFNO2. The zero-order chi connectivity index (χ0) is 15.9. The molecule has 1 atom stereocenters. The Kier molecular flexibility index (Phi) is 5.92. The molecule has 0 saturated heterocycles. The zero-order valence-corrected chi connectivity index (χ0v) is 12.7. The molecule has 0 fully saturated rings. The second kappa shape index (κ2) is 7.92. The highest BCUT2D eigenvalue weighted by molar-refractivity contribution is 6.31. The number of aliphatic hydroxyl groups is 1. The SMILES string of the molecule is O=C(Cc1c(F)cccc1Cl)NC[C@@H](O)Cc1ccccc1. The Labute approximate surface area is 133 Å². The molecule has 3 nitrogen and oxygen atoms in total. The third-order valence-electron chi connectivity index (χ3n) is 3.25. The van der Waals surface area contributed by atoms with E-state index in [0.29, 0.717) is 6.42 Å². The van der Waals surface area contributed by atoms with E-state index >= 15 is 0 Å². The van der Waals surface area contributed by atoms with Crippen molar-refractivity contribution in [1.82, 2.24) is 5.32 Å². The number of aliphatic hydroxyl groups excluding tert-OH is 1. The fraction of sp³-hybridized carbons (Fsp3) is 0.235. The normalized spacial score (nSPS) is 12.0. The number of amides is 1. The first kappa shape index (κ1) is 16.5. The maximum Gasteiger partial charge on any atom is 0.224 e. The minimum Gasteiger partial charge on any atom is -0.391 e. The van der Waals surface area contributed by atoms with Crippen molar-refractivity contribution in [3.8, 4) is 0 Å². The van der Waals surface area contributed by atoms with E-state index in [0.717, 1.165) is 5.56 Å². The van der Waals surface area contributed by atoms with Crippen molar-refractivity contribution in [2.75, 3.05) is 6.54 Å². The Bertz CT molecular complexity index is 614. The summed E-state index contributed by atoms with van der Waals surface area (Å²) in [5, 5.41) is 12.7. The molecule has 0 aromatic heterocycles. The van der Waals surface area contributed by atoms with E-state index in [4.69, 9.17) is 11.6 Å². The first-order valence-electron chi connectivity index (χ1n) is 6.98. The Morgan fingerprint density at radius 2 is 1.91 bits per heavy atom. The summed E-state index contributed by atoms with van der Waals surface area (Å²) in [6.45, 7) is 0.111. The van der Waals surface area contributed by atoms with Gasteiger partial charge in [-0.1, -0.05) is 48.0 Å². The van der Waals surface area contributed by atoms with Gasteiger partial charge in [0.05, 0.1) is 12.5 Å². The summed E-state index contributed by atoms with van der Waals surface area (Å²) in [4.78, 5) is 11.8. The van der Waals surface area contributed by atoms with Crippen LogP contribution in [0.2, 0.25) is 5.02 Å². The number of hydrogen-bond donors (Lipinski definition) is 2. The molecule has 0 spiro atoms. The Balaban J connectivity index is 1.83. The number of carbonyl (C=O) groups is 1. The van der Waals surface area contributed by atoms with Gasteiger partial charge in [0.2, 0.25) is 5.91 Å². The molecule has 0 aliphatic rings. The minimum absolute atomic E-state index is 0.111. The van der Waals surface area contributed by atoms with Crippen molar-refractivity contribution >= 4 is 17.5 Å². The maximum atomic E-state index is 13.6. The standard InChI is InChI=1S/C17H17ClFNO2/c18-15-7-4-8-16(19)14(15)10-17(22)20-11-13(21)9-12-5-2-1-3-6-12/h1-8,13,21H,9-11H2,(H,20,22)/t13-/m0/s1. The number of hydrogen-bond acceptors (Lipinski definition) is 2. The van der Waals surface area contributed by atoms with Crippen molar-refractivity contribution in [1.29, 1.82) is 0 Å². The summed E-state index contributed by atoms with van der Waals surface area (Å²) in [5.74, 6) is -0.883. The number of rotatable bonds is 6. The van der Waals surface area contributed by atoms with E-state index < -0.39 is 11.9 Å². The van der Waals surface area contributed by atoms with Crippen molar-refractivity contribution in [2.45, 2.75) is 18.9 Å². The Morgan fingerprint density at radius 1 is 1.18 bits per heavy atom. The van der Waals surface area contributed by atoms with Crippen molar-refractivity contribution < 1.29 is 14.3 Å². The predicted molar refractivity (Wildman–Crippen MR) is 84.3 cm³/mol. The van der Waals surface area contributed by atoms with E-state index in [2.05, 4.69) is 5.32 Å². The van der Waals surface area contributed by atoms with Gasteiger partial charge in [0.1, 0.15) is 5.82 Å². The first-order chi connectivity index (χ1) is 10.6. The monoisotopic (exact) mass is 321 g/mol. The summed E-state index contributed by atoms with van der Waals surface area (Å²) in [6, 6.07) is 13.8. The lowest BCUT2D eigenvalue weighted by Gasteiger charge is -2.12. The largest absolute Gasteiger partial charge is 0.391 e. The van der Waals surface area contributed by atoms with Crippen LogP contribution in [-0.2, 0) is 17.6 Å². The quantitative estimate of drug-likeness (QED) is 0.859. The van der Waals surface area contributed by atoms with Crippen molar-refractivity contribution in [3.63, 3.8) is 0 Å². The number of benzene rings is 2. The van der Waals surface area contributed by atoms with Gasteiger partial charge in [-0.15, -0.1) is 0 Å². The highest BCUT2D eigenvalue weighted by Crippen LogP contribution is 2.19. The number of nitrogens with one attached hydrogen (secondary N) is 1. The molecule has 5 heteroatoms. The molecule has 0 radical (unpaired) electrons. The van der Waals surface area contributed by atoms with Crippen LogP contribution in [0.4, 0.5) is 4.39 Å². The van der Waals surface area contributed by atoms with Crippen LogP contribution in [0, 0.1) is 5.82 Å². The van der Waals surface area contributed by atoms with Crippen LogP contribution in [0.1, 0.15) is 11.1 Å². The predicted octanol–water partition coefficient (Wildman–Crippen LogP) is 2.74. The number of halogens is 2. The van der Waals surface area contributed by atoms with Gasteiger partial charge in [0.15, 0.2) is 0 Å². The molecule has 0 bridgehead atoms. The molecule has 2 N–H and O–H groups in total. The van der Waals surface area contributed by atoms with Crippen LogP contribution in [0.15, 0.2) is 48.5 Å². The molecule has 116 valence electrons. The summed E-state index contributed by atoms with van der Waals surface area (Å²) < 4.78 is 13.6. The van der Waals surface area contributed by atoms with E-state index in [1.807, 2.05) is 30.3 Å². The fourth-order valence-corrected chi connectivity index (χ4v) is 2.34. The Morgan fingerprint density at radius 3 is 2.59 bits per heavy atom. The molecule has 2 aromatic carbocycles. The molecule has 1 amide bonds. The van der Waals surface area contributed by atoms with Gasteiger partial charge in [-0.3, -0.25) is 4.79 Å². The third-order valence-corrected chi connectivity index (χ3v) is 3.60. The average molecular weight is 322 g/mol. The molecule has 0 aliphatic heterocycles. The third kappa shape index (κ3) is 4.83. The van der Waals surface area contributed by atoms with Crippen LogP contribution >= 0.6 is 11.6 Å². The summed E-state index contributed by atoms with van der Waals surface area (Å²) >= 11 is 5.87. The van der Waals surface area contributed by atoms with Gasteiger partial charge >= 0.3 is 0 Å². The van der Waals surface area contributed by atoms with Gasteiger partial charge in [-0.05, 0) is 17.7 Å². The smallest absolute Gasteiger partial charge is 0.224 e. The van der Waals surface area contributed by atoms with Gasteiger partial charge in [0, 0.05) is 23.6 Å². The average Bonchev–Trinajstić information content (AvgIpc) is 2.50. The van der Waals surface area contributed by atoms with E-state index in [1.165, 1.54) is 18.2 Å². The lowest BCUT2D eigenvalue weighted by Crippen LogP contribution is -2.34. The highest BCUT2D eigenvalue weighted by Gasteiger charge is 2.13. The van der Waals surface area contributed by atoms with E-state index in [9.17, 15) is 14.3 Å². The van der Waals surface area contributed by atoms with Gasteiger partial charge in [-0.2, -0.15) is 0 Å². The molecule has 0 heterocycles. The van der Waals surface area contributed by atoms with Crippen LogP contribution < -0.4 is 5.32 Å². The summed E-state index contributed by atoms with van der Waals surface area (Å²) in [7, 11) is 0. The second-order valence-corrected chi connectivity index (χ2v) is 5.43. The van der Waals surface area contributed by atoms with Crippen LogP contribution in [-0.4, -0.2) is 23.7 Å². The molecule has 2 rings (SSSR count). The van der Waals surface area contributed by atoms with Crippen molar-refractivity contribution in [2.24, 2.45) is 0 Å². The van der Waals surface area contributed by atoms with Gasteiger partial charge in [-0.25, -0.2) is 4.39 Å². The van der Waals surface area contributed by atoms with Crippen LogP contribution in [0.3, 0.4) is 0 Å². The van der Waals surface area contributed by atoms with Crippen LogP contribution in [0.5, 0.6) is 0 Å². The molecular weight excluding hydrogens is 305 g/mol. The second-order valence-electron chi connectivity index (χ2n) is 5.02. The first-order valence-corrected chi connectivity index (χ1v) is 7.35. The molecule has 0 aliphatic carbocycles. The van der Waals surface area contributed by atoms with Crippen LogP contribution in [0.25, 0.3) is 0 Å². The molecule has 0 unspecified atom stereocenters. The summed E-state index contributed by atoms with van der Waals surface area (Å²) in [6.07, 6.45) is -0.395. The minimum atomic E-state index is -0.692. The summed E-state index contributed by atoms with van der Waals surface area (Å²) in [5.41, 5.74) is 1.15. The molecule has 22 heavy (non-hydrogen) atoms. The van der Waals surface area contributed by atoms with Gasteiger partial charge in [0.25, 0.3) is 0 Å². The molecule has 2 aromatic rings.